The van der Waals surface area contributed by atoms with Crippen molar-refractivity contribution in [3.05, 3.63) is 57.6 Å². The van der Waals surface area contributed by atoms with Crippen LogP contribution in [0.5, 0.6) is 5.75 Å². The number of carboxylic acids is 1. The fraction of sp³-hybridized carbons (Fsp3) is 0.118. The van der Waals surface area contributed by atoms with Gasteiger partial charge in [-0.2, -0.15) is 0 Å². The number of nitrogens with one attached hydrogen (secondary N) is 2. The lowest BCUT2D eigenvalue weighted by molar-refractivity contribution is 0.0696. The van der Waals surface area contributed by atoms with E-state index >= 15 is 0 Å². The number of aryl methyl sites for hydroxylation is 1. The molecule has 1 amide bonds. The van der Waals surface area contributed by atoms with Gasteiger partial charge in [-0.3, -0.25) is 10.1 Å². The number of methoxy groups -OCH3 is 1. The van der Waals surface area contributed by atoms with Crippen LogP contribution in [-0.2, 0) is 0 Å². The number of halogens is 1. The van der Waals surface area contributed by atoms with Crippen molar-refractivity contribution in [3.63, 3.8) is 0 Å². The summed E-state index contributed by atoms with van der Waals surface area (Å²) in [6, 6.07) is 9.51. The van der Waals surface area contributed by atoms with Gasteiger partial charge in [0, 0.05) is 11.3 Å². The molecule has 2 aromatic carbocycles. The largest absolute Gasteiger partial charge is 0.496 e. The minimum Gasteiger partial charge on any atom is -0.496 e. The second kappa shape index (κ2) is 8.09. The highest BCUT2D eigenvalue weighted by atomic mass is 79.9. The Kier molecular flexibility index (Phi) is 6.11. The molecule has 0 spiro atoms. The second-order valence-corrected chi connectivity index (χ2v) is 6.36. The predicted molar refractivity (Wildman–Crippen MR) is 103 cm³/mol. The molecule has 0 bridgehead atoms. The second-order valence-electron chi connectivity index (χ2n) is 5.09. The van der Waals surface area contributed by atoms with Crippen LogP contribution in [0.1, 0.15) is 26.3 Å². The number of thiocarbonyl (C=S) groups is 1. The van der Waals surface area contributed by atoms with E-state index in [0.717, 1.165) is 5.56 Å². The smallest absolute Gasteiger partial charge is 0.335 e. The molecule has 0 heterocycles. The third kappa shape index (κ3) is 4.77. The number of carboxylic acid groups (broad SMARTS) is 1. The van der Waals surface area contributed by atoms with E-state index in [9.17, 15) is 9.59 Å². The fourth-order valence-electron chi connectivity index (χ4n) is 2.03. The van der Waals surface area contributed by atoms with E-state index in [2.05, 4.69) is 26.6 Å². The first-order chi connectivity index (χ1) is 11.8. The Hall–Kier alpha value is -2.45. The van der Waals surface area contributed by atoms with Gasteiger partial charge in [-0.1, -0.05) is 6.07 Å². The molecule has 0 saturated heterocycles. The van der Waals surface area contributed by atoms with Crippen molar-refractivity contribution in [2.24, 2.45) is 0 Å². The van der Waals surface area contributed by atoms with Gasteiger partial charge in [0.15, 0.2) is 5.11 Å². The molecule has 2 rings (SSSR count). The Labute approximate surface area is 158 Å². The molecule has 0 fully saturated rings. The zero-order chi connectivity index (χ0) is 18.6. The maximum Gasteiger partial charge on any atom is 0.335 e. The van der Waals surface area contributed by atoms with E-state index in [0.29, 0.717) is 21.5 Å². The number of amides is 1. The number of aromatic carboxylic acids is 1. The summed E-state index contributed by atoms with van der Waals surface area (Å²) in [6.45, 7) is 1.80. The Morgan fingerprint density at radius 3 is 2.44 bits per heavy atom. The third-order valence-electron chi connectivity index (χ3n) is 3.37. The quantitative estimate of drug-likeness (QED) is 0.652. The van der Waals surface area contributed by atoms with Crippen LogP contribution in [0.2, 0.25) is 0 Å². The van der Waals surface area contributed by atoms with Gasteiger partial charge in [0.1, 0.15) is 5.75 Å². The number of ether oxygens (including phenoxy) is 1. The van der Waals surface area contributed by atoms with Crippen LogP contribution < -0.4 is 15.4 Å². The van der Waals surface area contributed by atoms with Gasteiger partial charge in [0.2, 0.25) is 0 Å². The molecule has 2 aromatic rings. The van der Waals surface area contributed by atoms with E-state index in [4.69, 9.17) is 22.1 Å². The molecule has 130 valence electrons. The number of anilines is 1. The predicted octanol–water partition coefficient (Wildman–Crippen LogP) is 3.59. The summed E-state index contributed by atoms with van der Waals surface area (Å²) in [6.07, 6.45) is 0. The van der Waals surface area contributed by atoms with Gasteiger partial charge >= 0.3 is 5.97 Å². The molecule has 0 aliphatic rings. The van der Waals surface area contributed by atoms with E-state index in [1.165, 1.54) is 19.2 Å². The van der Waals surface area contributed by atoms with Crippen molar-refractivity contribution in [1.82, 2.24) is 5.32 Å². The van der Waals surface area contributed by atoms with Crippen molar-refractivity contribution in [1.29, 1.82) is 0 Å². The number of carbonyl (C=O) groups is 2. The molecular weight excluding hydrogens is 408 g/mol. The molecule has 8 heteroatoms. The highest BCUT2D eigenvalue weighted by Gasteiger charge is 2.12. The summed E-state index contributed by atoms with van der Waals surface area (Å²) < 4.78 is 5.76. The molecule has 0 saturated carbocycles. The normalized spacial score (nSPS) is 10.0. The lowest BCUT2D eigenvalue weighted by atomic mass is 10.1. The van der Waals surface area contributed by atoms with Crippen molar-refractivity contribution in [3.8, 4) is 5.75 Å². The van der Waals surface area contributed by atoms with E-state index in [1.807, 2.05) is 0 Å². The Bertz CT molecular complexity index is 855. The van der Waals surface area contributed by atoms with Crippen LogP contribution in [-0.4, -0.2) is 29.2 Å². The van der Waals surface area contributed by atoms with Crippen molar-refractivity contribution in [2.75, 3.05) is 12.4 Å². The minimum absolute atomic E-state index is 0.0718. The summed E-state index contributed by atoms with van der Waals surface area (Å²) in [5.41, 5.74) is 1.84. The first-order valence-electron chi connectivity index (χ1n) is 7.11. The number of rotatable bonds is 4. The number of carbonyl (C=O) groups excluding carboxylic acids is 1. The van der Waals surface area contributed by atoms with Crippen molar-refractivity contribution < 1.29 is 19.4 Å². The van der Waals surface area contributed by atoms with Gasteiger partial charge in [0.25, 0.3) is 5.91 Å². The number of hydrogen-bond donors (Lipinski definition) is 3. The lowest BCUT2D eigenvalue weighted by Gasteiger charge is -2.13. The average molecular weight is 423 g/mol. The Morgan fingerprint density at radius 2 is 1.84 bits per heavy atom. The minimum atomic E-state index is -1.04. The maximum atomic E-state index is 12.3. The Morgan fingerprint density at radius 1 is 1.16 bits per heavy atom. The van der Waals surface area contributed by atoms with E-state index in [1.54, 1.807) is 31.2 Å². The summed E-state index contributed by atoms with van der Waals surface area (Å²) in [4.78, 5) is 23.3. The molecular formula is C17H15BrN2O4S. The zero-order valence-electron chi connectivity index (χ0n) is 13.4. The van der Waals surface area contributed by atoms with E-state index < -0.39 is 11.9 Å². The van der Waals surface area contributed by atoms with E-state index in [-0.39, 0.29) is 10.7 Å². The SMILES string of the molecule is COc1ccc(C(=O)NC(=S)Nc2cc(C(=O)O)ccc2C)cc1Br. The van der Waals surface area contributed by atoms with Crippen LogP contribution in [0, 0.1) is 6.92 Å². The Balaban J connectivity index is 2.10. The zero-order valence-corrected chi connectivity index (χ0v) is 15.8. The topological polar surface area (TPSA) is 87.7 Å². The van der Waals surface area contributed by atoms with Crippen LogP contribution in [0.15, 0.2) is 40.9 Å². The van der Waals surface area contributed by atoms with Gasteiger partial charge in [0.05, 0.1) is 17.1 Å². The van der Waals surface area contributed by atoms with Crippen LogP contribution >= 0.6 is 28.1 Å². The average Bonchev–Trinajstić information content (AvgIpc) is 2.56. The summed E-state index contributed by atoms with van der Waals surface area (Å²) >= 11 is 8.45. The monoisotopic (exact) mass is 422 g/mol. The summed E-state index contributed by atoms with van der Waals surface area (Å²) in [5, 5.41) is 14.5. The third-order valence-corrected chi connectivity index (χ3v) is 4.20. The van der Waals surface area contributed by atoms with Crippen molar-refractivity contribution >= 4 is 50.8 Å². The number of hydrogen-bond acceptors (Lipinski definition) is 4. The molecule has 0 atom stereocenters. The molecule has 25 heavy (non-hydrogen) atoms. The molecule has 0 unspecified atom stereocenters. The first-order valence-corrected chi connectivity index (χ1v) is 8.31. The lowest BCUT2D eigenvalue weighted by Crippen LogP contribution is -2.34. The maximum absolute atomic E-state index is 12.3. The first kappa shape index (κ1) is 18.9. The molecule has 0 radical (unpaired) electrons. The molecule has 0 aliphatic heterocycles. The molecule has 3 N–H and O–H groups in total. The standard InChI is InChI=1S/C17H15BrN2O4S/c1-9-3-4-11(16(22)23)8-13(9)19-17(25)20-15(21)10-5-6-14(24-2)12(18)7-10/h3-8H,1-2H3,(H,22,23)(H2,19,20,21,25). The van der Waals surface area contributed by atoms with Gasteiger partial charge < -0.3 is 15.2 Å². The molecule has 0 aromatic heterocycles. The van der Waals surface area contributed by atoms with Crippen molar-refractivity contribution in [2.45, 2.75) is 6.92 Å². The van der Waals surface area contributed by atoms with Crippen LogP contribution in [0.3, 0.4) is 0 Å². The number of benzene rings is 2. The van der Waals surface area contributed by atoms with Gasteiger partial charge in [-0.05, 0) is 71.0 Å². The van der Waals surface area contributed by atoms with Gasteiger partial charge in [-0.25, -0.2) is 4.79 Å². The summed E-state index contributed by atoms with van der Waals surface area (Å²) in [5.74, 6) is -0.827. The molecule has 6 nitrogen and oxygen atoms in total. The van der Waals surface area contributed by atoms with Crippen LogP contribution in [0.4, 0.5) is 5.69 Å². The fourth-order valence-corrected chi connectivity index (χ4v) is 2.77. The van der Waals surface area contributed by atoms with Crippen LogP contribution in [0.25, 0.3) is 0 Å². The highest BCUT2D eigenvalue weighted by molar-refractivity contribution is 9.10. The molecule has 0 aliphatic carbocycles. The summed E-state index contributed by atoms with van der Waals surface area (Å²) in [7, 11) is 1.53. The highest BCUT2D eigenvalue weighted by Crippen LogP contribution is 2.25. The van der Waals surface area contributed by atoms with Gasteiger partial charge in [-0.15, -0.1) is 0 Å².